The Morgan fingerprint density at radius 2 is 1.35 bits per heavy atom. The molecule has 9 heteroatoms. The number of nitrogens with two attached hydrogens (primary N) is 1. The maximum Gasteiger partial charge on any atom is 0.321 e. The van der Waals surface area contributed by atoms with Gasteiger partial charge in [0.15, 0.2) is 11.5 Å². The van der Waals surface area contributed by atoms with Gasteiger partial charge in [0.05, 0.1) is 12.0 Å². The number of hydrogen-bond acceptors (Lipinski definition) is 8. The Hall–Kier alpha value is -2.94. The summed E-state index contributed by atoms with van der Waals surface area (Å²) in [6.07, 6.45) is 1.14. The standard InChI is InChI=1S/C28H43NO8/c1-16(2)8-12-24(30)36-22-11-10-20(15-23(22)37-25(31)13-9-17(3)4)21(26(29)27(32)33)14-19(7)35-28(34)18(5)6/h10-11,15-19,21,26H,8-9,12-14,29H2,1-7H3,(H,32,33)/t19?,21?,26-/m0/s1. The summed E-state index contributed by atoms with van der Waals surface area (Å²) in [4.78, 5) is 48.7. The van der Waals surface area contributed by atoms with Gasteiger partial charge in [-0.2, -0.15) is 0 Å². The Kier molecular flexibility index (Phi) is 13.3. The summed E-state index contributed by atoms with van der Waals surface area (Å²) in [5.41, 5.74) is 6.47. The van der Waals surface area contributed by atoms with Crippen LogP contribution in [-0.4, -0.2) is 41.1 Å². The Bertz CT molecular complexity index is 925. The normalized spacial score (nSPS) is 13.8. The highest BCUT2D eigenvalue weighted by molar-refractivity contribution is 5.77. The zero-order valence-electron chi connectivity index (χ0n) is 23.1. The van der Waals surface area contributed by atoms with E-state index in [9.17, 15) is 24.3 Å². The Morgan fingerprint density at radius 1 is 0.838 bits per heavy atom. The van der Waals surface area contributed by atoms with E-state index >= 15 is 0 Å². The summed E-state index contributed by atoms with van der Waals surface area (Å²) in [6, 6.07) is 3.22. The van der Waals surface area contributed by atoms with Crippen molar-refractivity contribution < 1.29 is 38.5 Å². The van der Waals surface area contributed by atoms with Gasteiger partial charge in [-0.3, -0.25) is 19.2 Å². The zero-order chi connectivity index (χ0) is 28.3. The highest BCUT2D eigenvalue weighted by Gasteiger charge is 2.30. The number of hydrogen-bond donors (Lipinski definition) is 2. The van der Waals surface area contributed by atoms with Crippen molar-refractivity contribution in [2.75, 3.05) is 0 Å². The fourth-order valence-electron chi connectivity index (χ4n) is 3.48. The lowest BCUT2D eigenvalue weighted by atomic mass is 9.87. The molecule has 2 unspecified atom stereocenters. The van der Waals surface area contributed by atoms with E-state index in [0.717, 1.165) is 0 Å². The quantitative estimate of drug-likeness (QED) is 0.245. The molecule has 1 aromatic carbocycles. The van der Waals surface area contributed by atoms with Crippen molar-refractivity contribution in [3.8, 4) is 11.5 Å². The molecular weight excluding hydrogens is 478 g/mol. The zero-order valence-corrected chi connectivity index (χ0v) is 23.1. The fraction of sp³-hybridized carbons (Fsp3) is 0.643. The molecule has 0 spiro atoms. The molecule has 0 aliphatic rings. The molecule has 0 fully saturated rings. The van der Waals surface area contributed by atoms with Gasteiger partial charge in [-0.25, -0.2) is 0 Å². The minimum Gasteiger partial charge on any atom is -0.480 e. The van der Waals surface area contributed by atoms with Gasteiger partial charge >= 0.3 is 23.9 Å². The van der Waals surface area contributed by atoms with Crippen LogP contribution in [0.15, 0.2) is 18.2 Å². The molecule has 0 saturated carbocycles. The van der Waals surface area contributed by atoms with Crippen molar-refractivity contribution >= 4 is 23.9 Å². The van der Waals surface area contributed by atoms with Gasteiger partial charge in [0, 0.05) is 18.8 Å². The smallest absolute Gasteiger partial charge is 0.321 e. The molecule has 0 bridgehead atoms. The summed E-state index contributed by atoms with van der Waals surface area (Å²) in [6.45, 7) is 13.0. The summed E-state index contributed by atoms with van der Waals surface area (Å²) in [5, 5.41) is 9.62. The van der Waals surface area contributed by atoms with Crippen molar-refractivity contribution in [1.82, 2.24) is 0 Å². The number of carbonyl (C=O) groups is 4. The first-order valence-corrected chi connectivity index (χ1v) is 12.9. The molecule has 0 aliphatic heterocycles. The van der Waals surface area contributed by atoms with E-state index in [1.165, 1.54) is 12.1 Å². The Morgan fingerprint density at radius 3 is 1.81 bits per heavy atom. The first-order chi connectivity index (χ1) is 17.2. The lowest BCUT2D eigenvalue weighted by Gasteiger charge is -2.26. The molecule has 0 amide bonds. The topological polar surface area (TPSA) is 142 Å². The van der Waals surface area contributed by atoms with Crippen molar-refractivity contribution in [3.05, 3.63) is 23.8 Å². The lowest BCUT2D eigenvalue weighted by molar-refractivity contribution is -0.152. The van der Waals surface area contributed by atoms with Crippen LogP contribution in [0.5, 0.6) is 11.5 Å². The lowest BCUT2D eigenvalue weighted by Crippen LogP contribution is -2.38. The molecular formula is C28H43NO8. The fourth-order valence-corrected chi connectivity index (χ4v) is 3.48. The van der Waals surface area contributed by atoms with E-state index in [1.54, 1.807) is 26.8 Å². The number of benzene rings is 1. The van der Waals surface area contributed by atoms with Gasteiger partial charge in [0.25, 0.3) is 0 Å². The van der Waals surface area contributed by atoms with Crippen LogP contribution in [0.4, 0.5) is 0 Å². The molecule has 3 N–H and O–H groups in total. The summed E-state index contributed by atoms with van der Waals surface area (Å²) in [5.74, 6) is -3.02. The summed E-state index contributed by atoms with van der Waals surface area (Å²) in [7, 11) is 0. The predicted octanol–water partition coefficient (Wildman–Crippen LogP) is 4.84. The average Bonchev–Trinajstić information content (AvgIpc) is 2.80. The maximum atomic E-state index is 12.5. The van der Waals surface area contributed by atoms with Gasteiger partial charge in [-0.15, -0.1) is 0 Å². The van der Waals surface area contributed by atoms with Crippen LogP contribution >= 0.6 is 0 Å². The van der Waals surface area contributed by atoms with E-state index in [4.69, 9.17) is 19.9 Å². The molecule has 0 radical (unpaired) electrons. The van der Waals surface area contributed by atoms with Gasteiger partial charge in [0.2, 0.25) is 0 Å². The first-order valence-electron chi connectivity index (χ1n) is 12.9. The van der Waals surface area contributed by atoms with E-state index in [-0.39, 0.29) is 36.7 Å². The molecule has 9 nitrogen and oxygen atoms in total. The molecule has 1 rings (SSSR count). The molecule has 0 aromatic heterocycles. The number of esters is 3. The van der Waals surface area contributed by atoms with Crippen molar-refractivity contribution in [2.45, 2.75) is 98.6 Å². The maximum absolute atomic E-state index is 12.5. The largest absolute Gasteiger partial charge is 0.480 e. The SMILES string of the molecule is CC(C)CCC(=O)Oc1ccc(C(CC(C)OC(=O)C(C)C)[C@H](N)C(=O)O)cc1OC(=O)CCC(C)C. The van der Waals surface area contributed by atoms with Crippen LogP contribution < -0.4 is 15.2 Å². The van der Waals surface area contributed by atoms with Gasteiger partial charge in [-0.1, -0.05) is 47.6 Å². The first kappa shape index (κ1) is 32.1. The predicted molar refractivity (Wildman–Crippen MR) is 139 cm³/mol. The molecule has 0 heterocycles. The third-order valence-electron chi connectivity index (χ3n) is 5.79. The van der Waals surface area contributed by atoms with Crippen molar-refractivity contribution in [1.29, 1.82) is 0 Å². The van der Waals surface area contributed by atoms with Gasteiger partial charge in [-0.05, 0) is 55.7 Å². The van der Waals surface area contributed by atoms with Crippen LogP contribution in [0.1, 0.15) is 92.1 Å². The molecule has 3 atom stereocenters. The molecule has 208 valence electrons. The van der Waals surface area contributed by atoms with Crippen LogP contribution in [0.25, 0.3) is 0 Å². The highest BCUT2D eigenvalue weighted by Crippen LogP contribution is 2.35. The van der Waals surface area contributed by atoms with E-state index in [2.05, 4.69) is 0 Å². The Balaban J connectivity index is 3.32. The number of ether oxygens (including phenoxy) is 3. The van der Waals surface area contributed by atoms with Gasteiger partial charge in [0.1, 0.15) is 6.04 Å². The van der Waals surface area contributed by atoms with Crippen LogP contribution in [0.2, 0.25) is 0 Å². The Labute approximate surface area is 220 Å². The van der Waals surface area contributed by atoms with Gasteiger partial charge < -0.3 is 25.1 Å². The number of carboxylic acids is 1. The van der Waals surface area contributed by atoms with E-state index in [0.29, 0.717) is 30.2 Å². The number of aliphatic carboxylic acids is 1. The summed E-state index contributed by atoms with van der Waals surface area (Å²) >= 11 is 0. The summed E-state index contributed by atoms with van der Waals surface area (Å²) < 4.78 is 16.5. The van der Waals surface area contributed by atoms with E-state index < -0.39 is 41.9 Å². The van der Waals surface area contributed by atoms with Crippen LogP contribution in [0.3, 0.4) is 0 Å². The second-order valence-corrected chi connectivity index (χ2v) is 10.6. The molecule has 1 aromatic rings. The average molecular weight is 522 g/mol. The number of rotatable bonds is 15. The molecule has 0 saturated heterocycles. The number of carboxylic acid groups (broad SMARTS) is 1. The van der Waals surface area contributed by atoms with E-state index in [1.807, 2.05) is 27.7 Å². The highest BCUT2D eigenvalue weighted by atomic mass is 16.6. The second kappa shape index (κ2) is 15.3. The third kappa shape index (κ3) is 11.8. The van der Waals surface area contributed by atoms with Crippen LogP contribution in [-0.2, 0) is 23.9 Å². The monoisotopic (exact) mass is 521 g/mol. The third-order valence-corrected chi connectivity index (χ3v) is 5.79. The molecule has 37 heavy (non-hydrogen) atoms. The minimum absolute atomic E-state index is 0.0126. The second-order valence-electron chi connectivity index (χ2n) is 10.6. The minimum atomic E-state index is -1.32. The molecule has 0 aliphatic carbocycles. The van der Waals surface area contributed by atoms with Crippen molar-refractivity contribution in [3.63, 3.8) is 0 Å². The van der Waals surface area contributed by atoms with Crippen molar-refractivity contribution in [2.24, 2.45) is 23.5 Å². The number of carbonyl (C=O) groups excluding carboxylic acids is 3. The van der Waals surface area contributed by atoms with Crippen LogP contribution in [0, 0.1) is 17.8 Å².